The fraction of sp³-hybridized carbons (Fsp3) is 0.333. The third-order valence-corrected chi connectivity index (χ3v) is 21.3. The highest BCUT2D eigenvalue weighted by Crippen LogP contribution is 2.52. The molecule has 1 N–H and O–H groups in total. The number of carboxylic acid groups (broad SMARTS) is 1. The SMILES string of the molecule is CCCCCCCCCCCCCCCCCCc1ccc2c(c1)C(C)(C)c1cc(N(c3ccc(-c4ccc(-c5ccc(/C=C(\C#N)C(=O)CCOC=O)s5)s4)cc3)c3ccc(-c4ccc(-c5ccc(/C=C(\C#N)C(=O)CCC(=O)O)s5)s4)cc3)ccc1-2. The Morgan fingerprint density at radius 3 is 1.40 bits per heavy atom. The number of carbonyl (C=O) groups excluding carboxylic acids is 3. The molecule has 0 atom stereocenters. The molecule has 0 saturated carbocycles. The monoisotopic (exact) mass is 1240 g/mol. The number of aryl methyl sites for hydroxylation is 1. The van der Waals surface area contributed by atoms with Gasteiger partial charge in [-0.2, -0.15) is 10.5 Å². The van der Waals surface area contributed by atoms with Gasteiger partial charge in [-0.15, -0.1) is 45.3 Å². The maximum Gasteiger partial charge on any atom is 0.303 e. The molecule has 0 spiro atoms. The maximum atomic E-state index is 12.6. The minimum atomic E-state index is -1.08. The van der Waals surface area contributed by atoms with Crippen LogP contribution >= 0.6 is 45.3 Å². The Morgan fingerprint density at radius 2 is 0.920 bits per heavy atom. The number of allylic oxidation sites excluding steroid dienone is 2. The number of hydrogen-bond donors (Lipinski definition) is 1. The number of thiophene rings is 4. The van der Waals surface area contributed by atoms with Crippen LogP contribution in [0, 0.1) is 22.7 Å². The van der Waals surface area contributed by atoms with E-state index in [1.807, 2.05) is 36.4 Å². The summed E-state index contributed by atoms with van der Waals surface area (Å²) in [5, 5.41) is 28.4. The second kappa shape index (κ2) is 31.9. The van der Waals surface area contributed by atoms with Gasteiger partial charge in [0.1, 0.15) is 12.1 Å². The molecule has 452 valence electrons. The van der Waals surface area contributed by atoms with Crippen LogP contribution < -0.4 is 4.90 Å². The van der Waals surface area contributed by atoms with Gasteiger partial charge in [0.2, 0.25) is 0 Å². The van der Waals surface area contributed by atoms with Gasteiger partial charge in [-0.05, 0) is 149 Å². The van der Waals surface area contributed by atoms with E-state index in [1.165, 1.54) is 153 Å². The predicted octanol–water partition coefficient (Wildman–Crippen LogP) is 21.6. The van der Waals surface area contributed by atoms with Crippen LogP contribution in [0.3, 0.4) is 0 Å². The highest BCUT2D eigenvalue weighted by molar-refractivity contribution is 7.24. The smallest absolute Gasteiger partial charge is 0.303 e. The fourth-order valence-electron chi connectivity index (χ4n) is 11.6. The second-order valence-electron chi connectivity index (χ2n) is 23.2. The summed E-state index contributed by atoms with van der Waals surface area (Å²) >= 11 is 6.35. The van der Waals surface area contributed by atoms with Crippen molar-refractivity contribution in [2.45, 2.75) is 155 Å². The first-order valence-corrected chi connectivity index (χ1v) is 34.4. The Hall–Kier alpha value is -7.78. The molecule has 0 fully saturated rings. The number of aliphatic carboxylic acids is 1. The quantitative estimate of drug-likeness (QED) is 0.0177. The van der Waals surface area contributed by atoms with Gasteiger partial charge in [0.05, 0.1) is 24.2 Å². The normalized spacial score (nSPS) is 12.5. The second-order valence-corrected chi connectivity index (χ2v) is 27.6. The maximum absolute atomic E-state index is 12.6. The lowest BCUT2D eigenvalue weighted by molar-refractivity contribution is -0.138. The molecule has 0 saturated heterocycles. The molecule has 9 rings (SSSR count). The summed E-state index contributed by atoms with van der Waals surface area (Å²) in [5.74, 6) is -1.93. The van der Waals surface area contributed by atoms with Crippen LogP contribution in [-0.2, 0) is 35.8 Å². The standard InChI is InChI=1S/C75H77N3O6S4/c1-4-5-6-7-8-9-10-11-12-13-14-15-16-17-18-19-20-52-21-33-62-63-34-30-59(48-65(63)75(2,3)64(62)45-52)78(57-26-22-53(23-27-57)68-38-40-72(87-68)70-36-31-60(85-70)46-55(49-76)66(80)35-42-74(82)83)58-28-24-54(25-29-58)69-39-41-73(88-69)71-37-32-61(86-71)47-56(50-77)67(81)43-44-84-51-79/h21-34,36-41,45-48,51H,4-20,35,42-44H2,1-3H3,(H,82,83)/b55-46+,56-47+. The van der Waals surface area contributed by atoms with Crippen molar-refractivity contribution in [1.29, 1.82) is 10.5 Å². The van der Waals surface area contributed by atoms with E-state index in [2.05, 4.69) is 140 Å². The summed E-state index contributed by atoms with van der Waals surface area (Å²) in [4.78, 5) is 57.0. The van der Waals surface area contributed by atoms with E-state index in [0.717, 1.165) is 73.6 Å². The third-order valence-electron chi connectivity index (χ3n) is 16.6. The first-order chi connectivity index (χ1) is 42.9. The highest BCUT2D eigenvalue weighted by atomic mass is 32.1. The zero-order chi connectivity index (χ0) is 61.8. The first-order valence-electron chi connectivity index (χ1n) is 31.1. The summed E-state index contributed by atoms with van der Waals surface area (Å²) in [7, 11) is 0. The van der Waals surface area contributed by atoms with Crippen molar-refractivity contribution < 1.29 is 29.0 Å². The van der Waals surface area contributed by atoms with Gasteiger partial charge in [0, 0.05) is 74.3 Å². The molecule has 4 aromatic carbocycles. The summed E-state index contributed by atoms with van der Waals surface area (Å²) in [6.07, 6.45) is 25.6. The number of anilines is 3. The largest absolute Gasteiger partial charge is 0.481 e. The van der Waals surface area contributed by atoms with E-state index >= 15 is 0 Å². The van der Waals surface area contributed by atoms with Crippen LogP contribution in [0.15, 0.2) is 145 Å². The Bertz CT molecular complexity index is 3840. The third kappa shape index (κ3) is 16.9. The average Bonchev–Trinajstić information content (AvgIpc) is 1.64. The zero-order valence-electron chi connectivity index (χ0n) is 50.7. The molecule has 1 aliphatic carbocycles. The van der Waals surface area contributed by atoms with Crippen LogP contribution in [-0.4, -0.2) is 35.7 Å². The number of ether oxygens (including phenoxy) is 1. The number of fused-ring (bicyclic) bond motifs is 3. The lowest BCUT2D eigenvalue weighted by Gasteiger charge is -2.28. The summed E-state index contributed by atoms with van der Waals surface area (Å²) in [5.41, 5.74) is 11.7. The molecule has 8 aromatic rings. The first kappa shape index (κ1) is 64.7. The Morgan fingerprint density at radius 1 is 0.500 bits per heavy atom. The molecule has 0 radical (unpaired) electrons. The molecule has 0 unspecified atom stereocenters. The van der Waals surface area contributed by atoms with Gasteiger partial charge < -0.3 is 14.7 Å². The number of nitriles is 2. The van der Waals surface area contributed by atoms with E-state index in [1.54, 1.807) is 34.8 Å². The predicted molar refractivity (Wildman–Crippen MR) is 366 cm³/mol. The van der Waals surface area contributed by atoms with Crippen molar-refractivity contribution in [3.63, 3.8) is 0 Å². The number of hydrogen-bond acceptors (Lipinski definition) is 12. The molecule has 4 heterocycles. The van der Waals surface area contributed by atoms with Crippen molar-refractivity contribution in [2.24, 2.45) is 0 Å². The molecule has 9 nitrogen and oxygen atoms in total. The van der Waals surface area contributed by atoms with E-state index in [4.69, 9.17) is 5.11 Å². The van der Waals surface area contributed by atoms with E-state index in [0.29, 0.717) is 6.47 Å². The topological polar surface area (TPSA) is 149 Å². The Balaban J connectivity index is 0.906. The number of carboxylic acids is 1. The number of nitrogens with zero attached hydrogens (tertiary/aromatic N) is 3. The molecule has 0 amide bonds. The van der Waals surface area contributed by atoms with Crippen molar-refractivity contribution in [1.82, 2.24) is 0 Å². The number of benzene rings is 4. The number of carbonyl (C=O) groups is 4. The van der Waals surface area contributed by atoms with Gasteiger partial charge in [-0.3, -0.25) is 19.2 Å². The van der Waals surface area contributed by atoms with E-state index < -0.39 is 11.8 Å². The van der Waals surface area contributed by atoms with Gasteiger partial charge in [0.25, 0.3) is 6.47 Å². The van der Waals surface area contributed by atoms with E-state index in [-0.39, 0.29) is 48.2 Å². The Labute approximate surface area is 535 Å². The van der Waals surface area contributed by atoms with Crippen molar-refractivity contribution >= 4 is 98.6 Å². The zero-order valence-corrected chi connectivity index (χ0v) is 54.0. The lowest BCUT2D eigenvalue weighted by atomic mass is 9.81. The molecule has 88 heavy (non-hydrogen) atoms. The molecule has 0 bridgehead atoms. The van der Waals surface area contributed by atoms with Gasteiger partial charge in [-0.25, -0.2) is 0 Å². The van der Waals surface area contributed by atoms with Crippen LogP contribution in [0.2, 0.25) is 0 Å². The Kier molecular flexibility index (Phi) is 23.5. The minimum absolute atomic E-state index is 0.0254. The molecule has 4 aromatic heterocycles. The summed E-state index contributed by atoms with van der Waals surface area (Å²) < 4.78 is 4.67. The highest BCUT2D eigenvalue weighted by Gasteiger charge is 2.36. The summed E-state index contributed by atoms with van der Waals surface area (Å²) in [6, 6.07) is 51.8. The van der Waals surface area contributed by atoms with Crippen LogP contribution in [0.5, 0.6) is 0 Å². The van der Waals surface area contributed by atoms with Crippen LogP contribution in [0.1, 0.15) is 169 Å². The van der Waals surface area contributed by atoms with Crippen LogP contribution in [0.25, 0.3) is 63.7 Å². The van der Waals surface area contributed by atoms with Gasteiger partial charge in [-0.1, -0.05) is 166 Å². The van der Waals surface area contributed by atoms with Crippen LogP contribution in [0.4, 0.5) is 17.1 Å². The molecule has 0 aliphatic heterocycles. The number of unbranched alkanes of at least 4 members (excludes halogenated alkanes) is 15. The lowest BCUT2D eigenvalue weighted by Crippen LogP contribution is -2.17. The number of rotatable bonds is 35. The summed E-state index contributed by atoms with van der Waals surface area (Å²) in [6.45, 7) is 7.26. The van der Waals surface area contributed by atoms with Crippen molar-refractivity contribution in [3.05, 3.63) is 171 Å². The van der Waals surface area contributed by atoms with Crippen molar-refractivity contribution in [3.8, 4) is 63.7 Å². The fourth-order valence-corrected chi connectivity index (χ4v) is 15.7. The molecular weight excluding hydrogens is 1170 g/mol. The molecule has 13 heteroatoms. The van der Waals surface area contributed by atoms with Gasteiger partial charge in [0.15, 0.2) is 11.6 Å². The molecular formula is C75H77N3O6S4. The number of Topliss-reactive ketones (excluding diaryl/α,β-unsaturated/α-hetero) is 2. The van der Waals surface area contributed by atoms with E-state index in [9.17, 15) is 29.7 Å². The minimum Gasteiger partial charge on any atom is -0.481 e. The molecule has 1 aliphatic rings. The number of ketones is 2. The van der Waals surface area contributed by atoms with Gasteiger partial charge >= 0.3 is 5.97 Å². The average molecular weight is 1240 g/mol. The van der Waals surface area contributed by atoms with Crippen molar-refractivity contribution in [2.75, 3.05) is 11.5 Å².